The normalized spacial score (nSPS) is 14.6. The number of rotatable bonds is 3. The summed E-state index contributed by atoms with van der Waals surface area (Å²) < 4.78 is 0. The van der Waals surface area contributed by atoms with Crippen molar-refractivity contribution >= 4 is 32.3 Å². The smallest absolute Gasteiger partial charge is 0.0159 e. The summed E-state index contributed by atoms with van der Waals surface area (Å²) in [7, 11) is 0. The summed E-state index contributed by atoms with van der Waals surface area (Å²) in [6.45, 7) is 9.50. The van der Waals surface area contributed by atoms with Gasteiger partial charge in [0.2, 0.25) is 0 Å². The van der Waals surface area contributed by atoms with Crippen LogP contribution in [0.15, 0.2) is 170 Å². The van der Waals surface area contributed by atoms with Gasteiger partial charge in [-0.3, -0.25) is 0 Å². The second-order valence-corrected chi connectivity index (χ2v) is 16.4. The van der Waals surface area contributed by atoms with Crippen molar-refractivity contribution < 1.29 is 0 Å². The third-order valence-electron chi connectivity index (χ3n) is 12.9. The highest BCUT2D eigenvalue weighted by Gasteiger charge is 2.38. The molecule has 0 aromatic heterocycles. The predicted octanol–water partition coefficient (Wildman–Crippen LogP) is 14.8. The van der Waals surface area contributed by atoms with E-state index < -0.39 is 0 Å². The van der Waals surface area contributed by atoms with Crippen molar-refractivity contribution in [2.24, 2.45) is 0 Å². The Kier molecular flexibility index (Phi) is 6.46. The Hall–Kier alpha value is -6.24. The molecule has 0 radical (unpaired) electrons. The molecule has 0 saturated heterocycles. The maximum Gasteiger partial charge on any atom is 0.0159 e. The Balaban J connectivity index is 1.07. The number of hydrogen-bond donors (Lipinski definition) is 0. The van der Waals surface area contributed by atoms with Crippen molar-refractivity contribution in [3.8, 4) is 55.6 Å². The van der Waals surface area contributed by atoms with Gasteiger partial charge in [-0.15, -0.1) is 0 Å². The van der Waals surface area contributed by atoms with Gasteiger partial charge in [0.1, 0.15) is 0 Å². The van der Waals surface area contributed by atoms with E-state index in [1.165, 1.54) is 110 Å². The van der Waals surface area contributed by atoms with Gasteiger partial charge in [-0.2, -0.15) is 0 Å². The van der Waals surface area contributed by atoms with Crippen molar-refractivity contribution in [2.45, 2.75) is 38.5 Å². The molecule has 2 aliphatic rings. The van der Waals surface area contributed by atoms with Crippen LogP contribution >= 0.6 is 0 Å². The van der Waals surface area contributed by atoms with Crippen LogP contribution in [-0.4, -0.2) is 0 Å². The summed E-state index contributed by atoms with van der Waals surface area (Å²) in [5.41, 5.74) is 18.6. The molecule has 0 spiro atoms. The third-order valence-corrected chi connectivity index (χ3v) is 12.9. The molecule has 0 aliphatic heterocycles. The van der Waals surface area contributed by atoms with Crippen molar-refractivity contribution in [2.75, 3.05) is 0 Å². The zero-order chi connectivity index (χ0) is 36.3. The molecule has 0 N–H and O–H groups in total. The van der Waals surface area contributed by atoms with Gasteiger partial charge in [0.15, 0.2) is 0 Å². The van der Waals surface area contributed by atoms with Crippen LogP contribution in [0.25, 0.3) is 88.0 Å². The molecule has 2 aliphatic carbocycles. The molecule has 0 bridgehead atoms. The summed E-state index contributed by atoms with van der Waals surface area (Å²) in [4.78, 5) is 0. The average Bonchev–Trinajstić information content (AvgIpc) is 3.58. The van der Waals surface area contributed by atoms with Crippen molar-refractivity contribution in [1.29, 1.82) is 0 Å². The number of fused-ring (bicyclic) bond motifs is 9. The highest BCUT2D eigenvalue weighted by Crippen LogP contribution is 2.54. The predicted molar refractivity (Wildman–Crippen MR) is 230 cm³/mol. The Morgan fingerprint density at radius 3 is 1.43 bits per heavy atom. The summed E-state index contributed by atoms with van der Waals surface area (Å²) in [5.74, 6) is 0. The molecular formula is C54H40. The first-order valence-corrected chi connectivity index (χ1v) is 19.3. The lowest BCUT2D eigenvalue weighted by molar-refractivity contribution is 0.660. The molecule has 11 rings (SSSR count). The third kappa shape index (κ3) is 4.26. The van der Waals surface area contributed by atoms with Crippen LogP contribution in [0.1, 0.15) is 49.9 Å². The summed E-state index contributed by atoms with van der Waals surface area (Å²) in [6, 6.07) is 64.0. The molecule has 9 aromatic rings. The fourth-order valence-corrected chi connectivity index (χ4v) is 10.1. The van der Waals surface area contributed by atoms with E-state index in [1.54, 1.807) is 0 Å². The molecule has 9 aromatic carbocycles. The first-order chi connectivity index (χ1) is 26.3. The van der Waals surface area contributed by atoms with Gasteiger partial charge in [0, 0.05) is 10.8 Å². The standard InChI is InChI=1S/C54H40/c1-53(2)46-22-12-11-16-39(46)40-29-28-37(32-48(40)53)51-43-19-9-7-17-41(43)50(42-18-8-10-20-44(42)51)34-26-24-33(25-27-34)38-21-13-23-47-52(38)45-30-35-14-5-6-15-36(35)31-49(45)54(47,3)4/h5-32H,1-4H3. The monoisotopic (exact) mass is 688 g/mol. The van der Waals surface area contributed by atoms with Gasteiger partial charge < -0.3 is 0 Å². The molecule has 0 saturated carbocycles. The van der Waals surface area contributed by atoms with Crippen molar-refractivity contribution in [1.82, 2.24) is 0 Å². The fourth-order valence-electron chi connectivity index (χ4n) is 10.1. The van der Waals surface area contributed by atoms with E-state index in [4.69, 9.17) is 0 Å². The Bertz CT molecular complexity index is 2970. The zero-order valence-corrected chi connectivity index (χ0v) is 31.2. The molecule has 54 heavy (non-hydrogen) atoms. The molecule has 0 fully saturated rings. The van der Waals surface area contributed by atoms with Crippen LogP contribution in [0.5, 0.6) is 0 Å². The van der Waals surface area contributed by atoms with Gasteiger partial charge in [-0.25, -0.2) is 0 Å². The second kappa shape index (κ2) is 11.1. The topological polar surface area (TPSA) is 0 Å². The minimum absolute atomic E-state index is 0.0558. The maximum absolute atomic E-state index is 2.47. The highest BCUT2D eigenvalue weighted by molar-refractivity contribution is 6.21. The molecule has 0 amide bonds. The van der Waals surface area contributed by atoms with Crippen molar-refractivity contribution in [3.05, 3.63) is 192 Å². The minimum atomic E-state index is -0.0667. The lowest BCUT2D eigenvalue weighted by atomic mass is 9.80. The van der Waals surface area contributed by atoms with Gasteiger partial charge in [-0.1, -0.05) is 179 Å². The number of benzene rings is 9. The molecule has 256 valence electrons. The number of hydrogen-bond acceptors (Lipinski definition) is 0. The van der Waals surface area contributed by atoms with Crippen LogP contribution in [-0.2, 0) is 10.8 Å². The van der Waals surface area contributed by atoms with Crippen LogP contribution in [0.2, 0.25) is 0 Å². The quantitative estimate of drug-likeness (QED) is 0.162. The Morgan fingerprint density at radius 1 is 0.278 bits per heavy atom. The van der Waals surface area contributed by atoms with E-state index in [0.29, 0.717) is 0 Å². The van der Waals surface area contributed by atoms with Gasteiger partial charge >= 0.3 is 0 Å². The average molecular weight is 689 g/mol. The largest absolute Gasteiger partial charge is 0.0619 e. The molecule has 0 nitrogen and oxygen atoms in total. The fraction of sp³-hybridized carbons (Fsp3) is 0.111. The Morgan fingerprint density at radius 2 is 0.741 bits per heavy atom. The Labute approximate surface area is 317 Å². The molecular weight excluding hydrogens is 649 g/mol. The maximum atomic E-state index is 2.47. The van der Waals surface area contributed by atoms with Crippen molar-refractivity contribution in [3.63, 3.8) is 0 Å². The summed E-state index contributed by atoms with van der Waals surface area (Å²) in [6.07, 6.45) is 0. The lowest BCUT2D eigenvalue weighted by Crippen LogP contribution is -2.14. The van der Waals surface area contributed by atoms with E-state index in [2.05, 4.69) is 198 Å². The summed E-state index contributed by atoms with van der Waals surface area (Å²) >= 11 is 0. The highest BCUT2D eigenvalue weighted by atomic mass is 14.4. The van der Waals surface area contributed by atoms with Crippen LogP contribution in [0.4, 0.5) is 0 Å². The SMILES string of the molecule is CC1(C)c2ccccc2-c2ccc(-c3c4ccccc4c(-c4ccc(-c5cccc6c5-c5cc7ccccc7cc5C6(C)C)cc4)c4ccccc34)cc21. The summed E-state index contributed by atoms with van der Waals surface area (Å²) in [5, 5.41) is 7.74. The van der Waals surface area contributed by atoms with Crippen LogP contribution in [0, 0.1) is 0 Å². The molecule has 0 heterocycles. The molecule has 0 atom stereocenters. The first-order valence-electron chi connectivity index (χ1n) is 19.3. The van der Waals surface area contributed by atoms with E-state index in [-0.39, 0.29) is 10.8 Å². The zero-order valence-electron chi connectivity index (χ0n) is 31.2. The second-order valence-electron chi connectivity index (χ2n) is 16.4. The molecule has 0 heteroatoms. The van der Waals surface area contributed by atoms with E-state index in [0.717, 1.165) is 0 Å². The van der Waals surface area contributed by atoms with Crippen LogP contribution < -0.4 is 0 Å². The molecule has 0 unspecified atom stereocenters. The van der Waals surface area contributed by atoms with Gasteiger partial charge in [0.05, 0.1) is 0 Å². The van der Waals surface area contributed by atoms with E-state index in [1.807, 2.05) is 0 Å². The lowest BCUT2D eigenvalue weighted by Gasteiger charge is -2.23. The van der Waals surface area contributed by atoms with Gasteiger partial charge in [-0.05, 0) is 128 Å². The van der Waals surface area contributed by atoms with E-state index in [9.17, 15) is 0 Å². The van der Waals surface area contributed by atoms with E-state index >= 15 is 0 Å². The van der Waals surface area contributed by atoms with Crippen LogP contribution in [0.3, 0.4) is 0 Å². The minimum Gasteiger partial charge on any atom is -0.0619 e. The van der Waals surface area contributed by atoms with Gasteiger partial charge in [0.25, 0.3) is 0 Å². The first kappa shape index (κ1) is 31.3.